The van der Waals surface area contributed by atoms with Crippen LogP contribution in [0.1, 0.15) is 23.6 Å². The summed E-state index contributed by atoms with van der Waals surface area (Å²) in [5, 5.41) is 13.8. The van der Waals surface area contributed by atoms with E-state index in [1.54, 1.807) is 12.1 Å². The normalized spacial score (nSPS) is 10.8. The first-order valence-corrected chi connectivity index (χ1v) is 6.87. The molecule has 0 fully saturated rings. The standard InChI is InChI=1S/C17H18N2O2/c1-3-13-4-8-15(17(12-13)18-2)9-5-14-6-10-16(11-7-14)19(20)21/h4-12,18H,3H2,1-2H3. The minimum absolute atomic E-state index is 0.107. The van der Waals surface area contributed by atoms with Gasteiger partial charge in [0.1, 0.15) is 0 Å². The van der Waals surface area contributed by atoms with Crippen molar-refractivity contribution in [1.82, 2.24) is 0 Å². The van der Waals surface area contributed by atoms with Crippen LogP contribution in [0, 0.1) is 10.1 Å². The Hall–Kier alpha value is -2.62. The lowest BCUT2D eigenvalue weighted by atomic mass is 10.1. The molecule has 0 radical (unpaired) electrons. The molecular formula is C17H18N2O2. The maximum Gasteiger partial charge on any atom is 0.269 e. The average molecular weight is 282 g/mol. The SMILES string of the molecule is CCc1ccc(C=Cc2ccc([N+](=O)[O-])cc2)c(NC)c1. The Morgan fingerprint density at radius 3 is 2.43 bits per heavy atom. The van der Waals surface area contributed by atoms with Crippen molar-refractivity contribution in [3.8, 4) is 0 Å². The van der Waals surface area contributed by atoms with Crippen molar-refractivity contribution in [3.63, 3.8) is 0 Å². The van der Waals surface area contributed by atoms with Crippen molar-refractivity contribution < 1.29 is 4.92 Å². The van der Waals surface area contributed by atoms with Gasteiger partial charge in [-0.15, -0.1) is 0 Å². The topological polar surface area (TPSA) is 55.2 Å². The first-order valence-electron chi connectivity index (χ1n) is 6.87. The Morgan fingerprint density at radius 1 is 1.14 bits per heavy atom. The number of nitrogens with one attached hydrogen (secondary N) is 1. The highest BCUT2D eigenvalue weighted by Gasteiger charge is 2.03. The van der Waals surface area contributed by atoms with E-state index >= 15 is 0 Å². The molecule has 0 saturated carbocycles. The second-order valence-corrected chi connectivity index (χ2v) is 4.71. The van der Waals surface area contributed by atoms with Crippen molar-refractivity contribution in [3.05, 3.63) is 69.3 Å². The highest BCUT2D eigenvalue weighted by molar-refractivity contribution is 5.77. The number of anilines is 1. The maximum absolute atomic E-state index is 10.6. The van der Waals surface area contributed by atoms with E-state index in [0.29, 0.717) is 0 Å². The predicted octanol–water partition coefficient (Wildman–Crippen LogP) is 4.37. The molecule has 0 aliphatic rings. The quantitative estimate of drug-likeness (QED) is 0.503. The largest absolute Gasteiger partial charge is 0.388 e. The molecule has 1 N–H and O–H groups in total. The molecule has 4 nitrogen and oxygen atoms in total. The fraction of sp³-hybridized carbons (Fsp3) is 0.176. The fourth-order valence-corrected chi connectivity index (χ4v) is 2.08. The molecule has 0 aliphatic heterocycles. The Morgan fingerprint density at radius 2 is 1.86 bits per heavy atom. The van der Waals surface area contributed by atoms with Gasteiger partial charge in [-0.25, -0.2) is 0 Å². The molecule has 0 amide bonds. The van der Waals surface area contributed by atoms with E-state index in [1.807, 2.05) is 19.2 Å². The Bertz CT molecular complexity index is 661. The number of nitrogens with zero attached hydrogens (tertiary/aromatic N) is 1. The summed E-state index contributed by atoms with van der Waals surface area (Å²) in [5.74, 6) is 0. The highest BCUT2D eigenvalue weighted by Crippen LogP contribution is 2.21. The van der Waals surface area contributed by atoms with Gasteiger partial charge in [0.05, 0.1) is 4.92 Å². The van der Waals surface area contributed by atoms with Crippen molar-refractivity contribution >= 4 is 23.5 Å². The maximum atomic E-state index is 10.6. The number of nitro benzene ring substituents is 1. The highest BCUT2D eigenvalue weighted by atomic mass is 16.6. The molecule has 2 rings (SSSR count). The molecule has 0 spiro atoms. The lowest BCUT2D eigenvalue weighted by molar-refractivity contribution is -0.384. The number of hydrogen-bond acceptors (Lipinski definition) is 3. The summed E-state index contributed by atoms with van der Waals surface area (Å²) >= 11 is 0. The molecule has 108 valence electrons. The third-order valence-corrected chi connectivity index (χ3v) is 3.35. The van der Waals surface area contributed by atoms with Crippen molar-refractivity contribution in [2.75, 3.05) is 12.4 Å². The molecule has 0 atom stereocenters. The lowest BCUT2D eigenvalue weighted by Crippen LogP contribution is -1.93. The summed E-state index contributed by atoms with van der Waals surface area (Å²) in [6.45, 7) is 2.13. The molecule has 0 heterocycles. The summed E-state index contributed by atoms with van der Waals surface area (Å²) in [4.78, 5) is 10.2. The second kappa shape index (κ2) is 6.70. The average Bonchev–Trinajstić information content (AvgIpc) is 2.53. The van der Waals surface area contributed by atoms with E-state index in [9.17, 15) is 10.1 Å². The van der Waals surface area contributed by atoms with Gasteiger partial charge in [0.2, 0.25) is 0 Å². The summed E-state index contributed by atoms with van der Waals surface area (Å²) in [5.41, 5.74) is 4.49. The van der Waals surface area contributed by atoms with Crippen LogP contribution in [0.5, 0.6) is 0 Å². The molecule has 2 aromatic carbocycles. The first-order chi connectivity index (χ1) is 10.1. The zero-order valence-electron chi connectivity index (χ0n) is 12.2. The van der Waals surface area contributed by atoms with Crippen LogP contribution in [0.2, 0.25) is 0 Å². The monoisotopic (exact) mass is 282 g/mol. The van der Waals surface area contributed by atoms with Crippen LogP contribution in [0.4, 0.5) is 11.4 Å². The van der Waals surface area contributed by atoms with Crippen LogP contribution in [-0.2, 0) is 6.42 Å². The minimum Gasteiger partial charge on any atom is -0.388 e. The summed E-state index contributed by atoms with van der Waals surface area (Å²) < 4.78 is 0. The molecule has 0 aliphatic carbocycles. The van der Waals surface area contributed by atoms with Crippen molar-refractivity contribution in [1.29, 1.82) is 0 Å². The molecule has 0 unspecified atom stereocenters. The van der Waals surface area contributed by atoms with Gasteiger partial charge in [-0.05, 0) is 41.3 Å². The van der Waals surface area contributed by atoms with Gasteiger partial charge in [-0.3, -0.25) is 10.1 Å². The lowest BCUT2D eigenvalue weighted by Gasteiger charge is -2.07. The minimum atomic E-state index is -0.393. The molecule has 21 heavy (non-hydrogen) atoms. The smallest absolute Gasteiger partial charge is 0.269 e. The molecular weight excluding hydrogens is 264 g/mol. The molecule has 0 bridgehead atoms. The van der Waals surface area contributed by atoms with E-state index in [2.05, 4.69) is 30.4 Å². The summed E-state index contributed by atoms with van der Waals surface area (Å²) in [6, 6.07) is 12.8. The van der Waals surface area contributed by atoms with Gasteiger partial charge in [0, 0.05) is 24.9 Å². The molecule has 4 heteroatoms. The van der Waals surface area contributed by atoms with Gasteiger partial charge in [0.25, 0.3) is 5.69 Å². The van der Waals surface area contributed by atoms with Crippen LogP contribution in [-0.4, -0.2) is 12.0 Å². The zero-order chi connectivity index (χ0) is 15.2. The van der Waals surface area contributed by atoms with Gasteiger partial charge < -0.3 is 5.32 Å². The van der Waals surface area contributed by atoms with E-state index < -0.39 is 4.92 Å². The van der Waals surface area contributed by atoms with Crippen LogP contribution >= 0.6 is 0 Å². The first kappa shape index (κ1) is 14.8. The number of hydrogen-bond donors (Lipinski definition) is 1. The van der Waals surface area contributed by atoms with E-state index in [1.165, 1.54) is 17.7 Å². The van der Waals surface area contributed by atoms with E-state index in [-0.39, 0.29) is 5.69 Å². The van der Waals surface area contributed by atoms with Crippen molar-refractivity contribution in [2.24, 2.45) is 0 Å². The Kier molecular flexibility index (Phi) is 4.72. The molecule has 0 aromatic heterocycles. The number of benzene rings is 2. The number of nitro groups is 1. The fourth-order valence-electron chi connectivity index (χ4n) is 2.08. The summed E-state index contributed by atoms with van der Waals surface area (Å²) in [7, 11) is 1.90. The van der Waals surface area contributed by atoms with Crippen LogP contribution in [0.3, 0.4) is 0 Å². The van der Waals surface area contributed by atoms with E-state index in [0.717, 1.165) is 23.2 Å². The van der Waals surface area contributed by atoms with Gasteiger partial charge >= 0.3 is 0 Å². The van der Waals surface area contributed by atoms with Gasteiger partial charge in [-0.2, -0.15) is 0 Å². The molecule has 2 aromatic rings. The van der Waals surface area contributed by atoms with Gasteiger partial charge in [0.15, 0.2) is 0 Å². The number of rotatable bonds is 5. The van der Waals surface area contributed by atoms with E-state index in [4.69, 9.17) is 0 Å². The Balaban J connectivity index is 2.22. The third kappa shape index (κ3) is 3.69. The van der Waals surface area contributed by atoms with Crippen LogP contribution in [0.25, 0.3) is 12.2 Å². The van der Waals surface area contributed by atoms with Crippen molar-refractivity contribution in [2.45, 2.75) is 13.3 Å². The zero-order valence-corrected chi connectivity index (χ0v) is 12.2. The molecule has 0 saturated heterocycles. The Labute approximate surface area is 124 Å². The third-order valence-electron chi connectivity index (χ3n) is 3.35. The van der Waals surface area contributed by atoms with Gasteiger partial charge in [-0.1, -0.05) is 31.2 Å². The van der Waals surface area contributed by atoms with Crippen LogP contribution < -0.4 is 5.32 Å². The second-order valence-electron chi connectivity index (χ2n) is 4.71. The number of aryl methyl sites for hydroxylation is 1. The number of non-ortho nitro benzene ring substituents is 1. The predicted molar refractivity (Wildman–Crippen MR) is 87.4 cm³/mol. The summed E-state index contributed by atoms with van der Waals surface area (Å²) in [6.07, 6.45) is 4.96. The van der Waals surface area contributed by atoms with Crippen LogP contribution in [0.15, 0.2) is 42.5 Å².